The van der Waals surface area contributed by atoms with E-state index >= 15 is 0 Å². The van der Waals surface area contributed by atoms with E-state index < -0.39 is 0 Å². The van der Waals surface area contributed by atoms with Crippen molar-refractivity contribution in [3.8, 4) is 0 Å². The summed E-state index contributed by atoms with van der Waals surface area (Å²) in [5.74, 6) is 0. The second kappa shape index (κ2) is 3.86. The zero-order chi connectivity index (χ0) is 8.97. The Balaban J connectivity index is 3.03. The molecule has 0 aliphatic carbocycles. The lowest BCUT2D eigenvalue weighted by Crippen LogP contribution is -1.81. The van der Waals surface area contributed by atoms with Crippen LogP contribution < -0.4 is 0 Å². The summed E-state index contributed by atoms with van der Waals surface area (Å²) < 4.78 is 0. The van der Waals surface area contributed by atoms with Gasteiger partial charge in [0.25, 0.3) is 0 Å². The Bertz CT molecular complexity index is 311. The predicted molar refractivity (Wildman–Crippen MR) is 50.9 cm³/mol. The second-order valence-corrected chi connectivity index (χ2v) is 2.86. The molecule has 1 rings (SSSR count). The Hall–Kier alpha value is -1.37. The van der Waals surface area contributed by atoms with Gasteiger partial charge in [0.05, 0.1) is 0 Å². The van der Waals surface area contributed by atoms with Crippen molar-refractivity contribution < 1.29 is 4.79 Å². The maximum absolute atomic E-state index is 10.2. The highest BCUT2D eigenvalue weighted by atomic mass is 16.1. The monoisotopic (exact) mass is 160 g/mol. The third kappa shape index (κ3) is 2.06. The maximum atomic E-state index is 10.2. The molecule has 0 N–H and O–H groups in total. The van der Waals surface area contributed by atoms with E-state index in [0.29, 0.717) is 0 Å². The van der Waals surface area contributed by atoms with Crippen LogP contribution in [0.5, 0.6) is 0 Å². The van der Waals surface area contributed by atoms with Crippen molar-refractivity contribution >= 4 is 11.9 Å². The predicted octanol–water partition coefficient (Wildman–Crippen LogP) is 2.60. The molecule has 0 aliphatic heterocycles. The summed E-state index contributed by atoms with van der Waals surface area (Å²) in [5.41, 5.74) is 3.34. The van der Waals surface area contributed by atoms with Gasteiger partial charge in [0.2, 0.25) is 0 Å². The van der Waals surface area contributed by atoms with Gasteiger partial charge in [-0.1, -0.05) is 29.8 Å². The highest BCUT2D eigenvalue weighted by Gasteiger charge is 1.93. The van der Waals surface area contributed by atoms with E-state index in [2.05, 4.69) is 6.07 Å². The minimum Gasteiger partial charge on any atom is -0.299 e. The highest BCUT2D eigenvalue weighted by Crippen LogP contribution is 2.13. The van der Waals surface area contributed by atoms with Crippen LogP contribution in [0.3, 0.4) is 0 Å². The molecule has 0 aromatic heterocycles. The van der Waals surface area contributed by atoms with Crippen LogP contribution in [-0.4, -0.2) is 6.29 Å². The molecular weight excluding hydrogens is 148 g/mol. The van der Waals surface area contributed by atoms with Gasteiger partial charge in [-0.3, -0.25) is 4.79 Å². The lowest BCUT2D eigenvalue weighted by atomic mass is 10.1. The van der Waals surface area contributed by atoms with Crippen molar-refractivity contribution in [1.82, 2.24) is 0 Å². The molecule has 0 radical (unpaired) electrons. The van der Waals surface area contributed by atoms with Crippen LogP contribution in [0.1, 0.15) is 18.1 Å². The highest BCUT2D eigenvalue weighted by molar-refractivity contribution is 5.80. The first-order valence-corrected chi connectivity index (χ1v) is 3.93. The average Bonchev–Trinajstić information content (AvgIpc) is 2.05. The third-order valence-corrected chi connectivity index (χ3v) is 1.79. The first kappa shape index (κ1) is 8.72. The second-order valence-electron chi connectivity index (χ2n) is 2.86. The molecule has 1 aromatic rings. The average molecular weight is 160 g/mol. The summed E-state index contributed by atoms with van der Waals surface area (Å²) in [6, 6.07) is 8.10. The molecule has 1 aromatic carbocycles. The molecule has 62 valence electrons. The van der Waals surface area contributed by atoms with Crippen LogP contribution in [0.4, 0.5) is 0 Å². The van der Waals surface area contributed by atoms with Gasteiger partial charge in [-0.05, 0) is 31.1 Å². The van der Waals surface area contributed by atoms with Gasteiger partial charge in [-0.2, -0.15) is 0 Å². The Morgan fingerprint density at radius 1 is 1.42 bits per heavy atom. The fourth-order valence-electron chi connectivity index (χ4n) is 1.09. The first-order chi connectivity index (χ1) is 5.74. The fraction of sp³-hybridized carbons (Fsp3) is 0.182. The van der Waals surface area contributed by atoms with Gasteiger partial charge in [-0.15, -0.1) is 0 Å². The van der Waals surface area contributed by atoms with E-state index in [1.807, 2.05) is 32.0 Å². The van der Waals surface area contributed by atoms with Crippen LogP contribution in [0.25, 0.3) is 5.57 Å². The standard InChI is InChI=1S/C11H12O/c1-9-4-3-5-11(8-9)10(2)6-7-12/h3-8H,1-2H3/b10-6-. The minimum atomic E-state index is 0.817. The Kier molecular flexibility index (Phi) is 2.81. The van der Waals surface area contributed by atoms with Gasteiger partial charge >= 0.3 is 0 Å². The van der Waals surface area contributed by atoms with Crippen LogP contribution in [0.2, 0.25) is 0 Å². The van der Waals surface area contributed by atoms with Crippen molar-refractivity contribution in [2.24, 2.45) is 0 Å². The molecule has 0 heterocycles. The normalized spacial score (nSPS) is 11.3. The lowest BCUT2D eigenvalue weighted by Gasteiger charge is -2.00. The molecule has 0 amide bonds. The van der Waals surface area contributed by atoms with E-state index in [1.165, 1.54) is 5.56 Å². The Morgan fingerprint density at radius 3 is 2.75 bits per heavy atom. The molecular formula is C11H12O. The number of carbonyl (C=O) groups is 1. The van der Waals surface area contributed by atoms with Crippen molar-refractivity contribution in [3.05, 3.63) is 41.5 Å². The van der Waals surface area contributed by atoms with Crippen molar-refractivity contribution in [1.29, 1.82) is 0 Å². The molecule has 0 saturated carbocycles. The first-order valence-electron chi connectivity index (χ1n) is 3.93. The molecule has 12 heavy (non-hydrogen) atoms. The number of rotatable bonds is 2. The van der Waals surface area contributed by atoms with Gasteiger partial charge in [0, 0.05) is 0 Å². The van der Waals surface area contributed by atoms with E-state index in [-0.39, 0.29) is 0 Å². The van der Waals surface area contributed by atoms with E-state index in [0.717, 1.165) is 17.4 Å². The quantitative estimate of drug-likeness (QED) is 0.480. The summed E-state index contributed by atoms with van der Waals surface area (Å²) in [5, 5.41) is 0. The number of hydrogen-bond acceptors (Lipinski definition) is 1. The third-order valence-electron chi connectivity index (χ3n) is 1.79. The summed E-state index contributed by atoms with van der Waals surface area (Å²) in [7, 11) is 0. The number of aryl methyl sites for hydroxylation is 1. The van der Waals surface area contributed by atoms with Gasteiger partial charge in [0.15, 0.2) is 0 Å². The largest absolute Gasteiger partial charge is 0.299 e. The topological polar surface area (TPSA) is 17.1 Å². The van der Waals surface area contributed by atoms with Gasteiger partial charge in [0.1, 0.15) is 6.29 Å². The van der Waals surface area contributed by atoms with E-state index in [9.17, 15) is 4.79 Å². The number of carbonyl (C=O) groups excluding carboxylic acids is 1. The summed E-state index contributed by atoms with van der Waals surface area (Å²) in [4.78, 5) is 10.2. The SMILES string of the molecule is C/C(=C/C=O)c1cccc(C)c1. The molecule has 0 spiro atoms. The summed E-state index contributed by atoms with van der Waals surface area (Å²) in [6.45, 7) is 3.97. The van der Waals surface area contributed by atoms with Crippen molar-refractivity contribution in [2.45, 2.75) is 13.8 Å². The molecule has 0 bridgehead atoms. The Morgan fingerprint density at radius 2 is 2.17 bits per heavy atom. The zero-order valence-corrected chi connectivity index (χ0v) is 7.37. The van der Waals surface area contributed by atoms with Crippen LogP contribution in [0.15, 0.2) is 30.3 Å². The van der Waals surface area contributed by atoms with Gasteiger partial charge < -0.3 is 0 Å². The van der Waals surface area contributed by atoms with Crippen LogP contribution >= 0.6 is 0 Å². The Labute approximate surface area is 72.7 Å². The summed E-state index contributed by atoms with van der Waals surface area (Å²) >= 11 is 0. The molecule has 0 aliphatic rings. The van der Waals surface area contributed by atoms with Gasteiger partial charge in [-0.25, -0.2) is 0 Å². The molecule has 0 saturated heterocycles. The van der Waals surface area contributed by atoms with Crippen LogP contribution in [0, 0.1) is 6.92 Å². The van der Waals surface area contributed by atoms with E-state index in [1.54, 1.807) is 6.08 Å². The number of allylic oxidation sites excluding steroid dienone is 2. The maximum Gasteiger partial charge on any atom is 0.143 e. The minimum absolute atomic E-state index is 0.817. The number of benzene rings is 1. The smallest absolute Gasteiger partial charge is 0.143 e. The number of hydrogen-bond donors (Lipinski definition) is 0. The zero-order valence-electron chi connectivity index (χ0n) is 7.37. The molecule has 1 heteroatoms. The molecule has 0 atom stereocenters. The fourth-order valence-corrected chi connectivity index (χ4v) is 1.09. The van der Waals surface area contributed by atoms with Crippen molar-refractivity contribution in [3.63, 3.8) is 0 Å². The van der Waals surface area contributed by atoms with Crippen LogP contribution in [-0.2, 0) is 4.79 Å². The van der Waals surface area contributed by atoms with Crippen molar-refractivity contribution in [2.75, 3.05) is 0 Å². The molecule has 1 nitrogen and oxygen atoms in total. The lowest BCUT2D eigenvalue weighted by molar-refractivity contribution is -0.104. The number of aldehydes is 1. The molecule has 0 fully saturated rings. The van der Waals surface area contributed by atoms with E-state index in [4.69, 9.17) is 0 Å². The summed E-state index contributed by atoms with van der Waals surface area (Å²) in [6.07, 6.45) is 2.40. The molecule has 0 unspecified atom stereocenters.